The maximum absolute atomic E-state index is 13.2. The van der Waals surface area contributed by atoms with Gasteiger partial charge in [0.05, 0.1) is 23.8 Å². The zero-order valence-electron chi connectivity index (χ0n) is 13.2. The number of nitrogens with one attached hydrogen (secondary N) is 2. The molecular formula is C15H13ClF2N4O3S. The Labute approximate surface area is 155 Å². The summed E-state index contributed by atoms with van der Waals surface area (Å²) in [5.41, 5.74) is 4.07. The first-order valence-electron chi connectivity index (χ1n) is 7.49. The van der Waals surface area contributed by atoms with Gasteiger partial charge >= 0.3 is 0 Å². The van der Waals surface area contributed by atoms with Crippen molar-refractivity contribution in [1.29, 1.82) is 0 Å². The van der Waals surface area contributed by atoms with Gasteiger partial charge in [0.15, 0.2) is 16.8 Å². The fourth-order valence-electron chi connectivity index (χ4n) is 2.21. The molecule has 1 aromatic carbocycles. The highest BCUT2D eigenvalue weighted by Gasteiger charge is 2.19. The number of hydrazine groups is 1. The van der Waals surface area contributed by atoms with E-state index in [2.05, 4.69) is 15.8 Å². The first-order valence-corrected chi connectivity index (χ1v) is 8.75. The van der Waals surface area contributed by atoms with Crippen molar-refractivity contribution < 1.29 is 23.1 Å². The smallest absolute Gasteiger partial charge is 0.289 e. The summed E-state index contributed by atoms with van der Waals surface area (Å²) in [6, 6.07) is 1.33. The Morgan fingerprint density at radius 1 is 1.15 bits per heavy atom. The average molecular weight is 403 g/mol. The van der Waals surface area contributed by atoms with Crippen LogP contribution in [0.4, 0.5) is 13.9 Å². The largest absolute Gasteiger partial charge is 0.378 e. The van der Waals surface area contributed by atoms with Crippen LogP contribution in [-0.4, -0.2) is 43.1 Å². The summed E-state index contributed by atoms with van der Waals surface area (Å²) in [7, 11) is 0. The number of thiazole rings is 1. The number of nitrogens with zero attached hydrogens (tertiary/aromatic N) is 2. The fourth-order valence-corrected chi connectivity index (χ4v) is 3.31. The maximum atomic E-state index is 13.2. The van der Waals surface area contributed by atoms with Crippen LogP contribution in [0.3, 0.4) is 0 Å². The predicted molar refractivity (Wildman–Crippen MR) is 91.4 cm³/mol. The van der Waals surface area contributed by atoms with Crippen LogP contribution in [0.1, 0.15) is 20.8 Å². The molecule has 2 N–H and O–H groups in total. The monoisotopic (exact) mass is 402 g/mol. The molecule has 0 bridgehead atoms. The van der Waals surface area contributed by atoms with E-state index >= 15 is 0 Å². The van der Waals surface area contributed by atoms with E-state index in [0.29, 0.717) is 43.6 Å². The van der Waals surface area contributed by atoms with Crippen LogP contribution in [0.25, 0.3) is 0 Å². The third-order valence-electron chi connectivity index (χ3n) is 3.55. The molecular weight excluding hydrogens is 390 g/mol. The van der Waals surface area contributed by atoms with Crippen molar-refractivity contribution in [2.45, 2.75) is 0 Å². The molecule has 1 aromatic heterocycles. The lowest BCUT2D eigenvalue weighted by Crippen LogP contribution is -2.42. The van der Waals surface area contributed by atoms with Gasteiger partial charge in [-0.05, 0) is 12.1 Å². The number of carbonyl (C=O) groups excluding carboxylic acids is 2. The summed E-state index contributed by atoms with van der Waals surface area (Å²) < 4.78 is 31.5. The summed E-state index contributed by atoms with van der Waals surface area (Å²) in [5, 5.41) is 1.95. The number of rotatable bonds is 3. The summed E-state index contributed by atoms with van der Waals surface area (Å²) in [5.74, 6) is -3.92. The molecule has 138 valence electrons. The Hall–Kier alpha value is -2.30. The molecule has 1 aliphatic heterocycles. The molecule has 2 aromatic rings. The van der Waals surface area contributed by atoms with Crippen LogP contribution in [0.5, 0.6) is 0 Å². The van der Waals surface area contributed by atoms with Crippen LogP contribution in [0.2, 0.25) is 5.02 Å². The highest BCUT2D eigenvalue weighted by atomic mass is 35.5. The topological polar surface area (TPSA) is 83.6 Å². The molecule has 1 fully saturated rings. The molecule has 0 radical (unpaired) electrons. The molecule has 7 nitrogen and oxygen atoms in total. The van der Waals surface area contributed by atoms with Gasteiger partial charge in [0.25, 0.3) is 11.8 Å². The van der Waals surface area contributed by atoms with Gasteiger partial charge in [0.1, 0.15) is 5.69 Å². The fraction of sp³-hybridized carbons (Fsp3) is 0.267. The normalized spacial score (nSPS) is 14.2. The molecule has 0 atom stereocenters. The summed E-state index contributed by atoms with van der Waals surface area (Å²) in [6.07, 6.45) is 0. The average Bonchev–Trinajstić information content (AvgIpc) is 3.13. The molecule has 11 heteroatoms. The molecule has 0 saturated carbocycles. The number of morpholine rings is 1. The van der Waals surface area contributed by atoms with E-state index in [1.54, 1.807) is 5.38 Å². The van der Waals surface area contributed by atoms with Crippen molar-refractivity contribution in [3.05, 3.63) is 45.4 Å². The number of anilines is 1. The zero-order chi connectivity index (χ0) is 18.7. The van der Waals surface area contributed by atoms with E-state index in [0.717, 1.165) is 0 Å². The highest BCUT2D eigenvalue weighted by molar-refractivity contribution is 7.13. The summed E-state index contributed by atoms with van der Waals surface area (Å²) >= 11 is 7.01. The third kappa shape index (κ3) is 4.09. The van der Waals surface area contributed by atoms with E-state index in [9.17, 15) is 18.4 Å². The van der Waals surface area contributed by atoms with Crippen molar-refractivity contribution in [2.24, 2.45) is 0 Å². The zero-order valence-corrected chi connectivity index (χ0v) is 14.8. The first-order chi connectivity index (χ1) is 12.5. The van der Waals surface area contributed by atoms with Crippen LogP contribution in [0, 0.1) is 11.6 Å². The lowest BCUT2D eigenvalue weighted by Gasteiger charge is -2.25. The van der Waals surface area contributed by atoms with E-state index in [4.69, 9.17) is 16.3 Å². The molecule has 0 unspecified atom stereocenters. The molecule has 0 spiro atoms. The number of amides is 2. The lowest BCUT2D eigenvalue weighted by atomic mass is 10.2. The van der Waals surface area contributed by atoms with E-state index in [-0.39, 0.29) is 16.3 Å². The molecule has 26 heavy (non-hydrogen) atoms. The van der Waals surface area contributed by atoms with E-state index in [1.165, 1.54) is 11.3 Å². The summed E-state index contributed by atoms with van der Waals surface area (Å²) in [6.45, 7) is 2.54. The number of ether oxygens (including phenoxy) is 1. The minimum absolute atomic E-state index is 0.119. The minimum Gasteiger partial charge on any atom is -0.378 e. The number of hydrogen-bond acceptors (Lipinski definition) is 6. The molecule has 1 saturated heterocycles. The third-order valence-corrected chi connectivity index (χ3v) is 4.76. The van der Waals surface area contributed by atoms with Gasteiger partial charge in [-0.3, -0.25) is 20.4 Å². The van der Waals surface area contributed by atoms with Crippen molar-refractivity contribution >= 4 is 39.9 Å². The van der Waals surface area contributed by atoms with Crippen molar-refractivity contribution in [3.63, 3.8) is 0 Å². The second kappa shape index (κ2) is 7.94. The standard InChI is InChI=1S/C15H13ClF2N4O3S/c16-9-6-11(18)10(17)5-8(9)13(23)20-21-14(24)12-7-26-15(19-12)22-1-3-25-4-2-22/h5-7H,1-4H2,(H,20,23)(H,21,24). The quantitative estimate of drug-likeness (QED) is 0.606. The molecule has 2 heterocycles. The number of benzene rings is 1. The van der Waals surface area contributed by atoms with E-state index < -0.39 is 23.4 Å². The van der Waals surface area contributed by atoms with Crippen LogP contribution in [-0.2, 0) is 4.74 Å². The van der Waals surface area contributed by atoms with Gasteiger partial charge in [-0.15, -0.1) is 11.3 Å². The van der Waals surface area contributed by atoms with Gasteiger partial charge in [-0.2, -0.15) is 0 Å². The Kier molecular flexibility index (Phi) is 5.64. The van der Waals surface area contributed by atoms with Crippen molar-refractivity contribution in [1.82, 2.24) is 15.8 Å². The minimum atomic E-state index is -1.22. The molecule has 1 aliphatic rings. The van der Waals surface area contributed by atoms with Crippen LogP contribution < -0.4 is 15.8 Å². The van der Waals surface area contributed by atoms with Crippen molar-refractivity contribution in [3.8, 4) is 0 Å². The van der Waals surface area contributed by atoms with Gasteiger partial charge in [-0.1, -0.05) is 11.6 Å². The molecule has 0 aliphatic carbocycles. The SMILES string of the molecule is O=C(NNC(=O)c1cc(F)c(F)cc1Cl)c1csc(N2CCOCC2)n1. The predicted octanol–water partition coefficient (Wildman–Crippen LogP) is 1.99. The van der Waals surface area contributed by atoms with E-state index in [1.807, 2.05) is 4.90 Å². The Balaban J connectivity index is 1.61. The second-order valence-electron chi connectivity index (χ2n) is 5.27. The second-order valence-corrected chi connectivity index (χ2v) is 6.51. The lowest BCUT2D eigenvalue weighted by molar-refractivity contribution is 0.0844. The van der Waals surface area contributed by atoms with Crippen LogP contribution in [0.15, 0.2) is 17.5 Å². The van der Waals surface area contributed by atoms with Gasteiger partial charge < -0.3 is 9.64 Å². The Morgan fingerprint density at radius 2 is 1.81 bits per heavy atom. The van der Waals surface area contributed by atoms with Crippen molar-refractivity contribution in [2.75, 3.05) is 31.2 Å². The van der Waals surface area contributed by atoms with Gasteiger partial charge in [-0.25, -0.2) is 13.8 Å². The van der Waals surface area contributed by atoms with Gasteiger partial charge in [0, 0.05) is 18.5 Å². The van der Waals surface area contributed by atoms with Gasteiger partial charge in [0.2, 0.25) is 0 Å². The Bertz CT molecular complexity index is 842. The first kappa shape index (κ1) is 18.5. The Morgan fingerprint density at radius 3 is 2.54 bits per heavy atom. The van der Waals surface area contributed by atoms with Crippen LogP contribution >= 0.6 is 22.9 Å². The highest BCUT2D eigenvalue weighted by Crippen LogP contribution is 2.22. The maximum Gasteiger partial charge on any atom is 0.289 e. The molecule has 2 amide bonds. The number of hydrogen-bond donors (Lipinski definition) is 2. The number of aromatic nitrogens is 1. The number of halogens is 3. The molecule has 3 rings (SSSR count). The summed E-state index contributed by atoms with van der Waals surface area (Å²) in [4.78, 5) is 30.3. The number of carbonyl (C=O) groups is 2.